The van der Waals surface area contributed by atoms with E-state index in [0.717, 1.165) is 54.3 Å². The van der Waals surface area contributed by atoms with E-state index in [2.05, 4.69) is 64.0 Å². The van der Waals surface area contributed by atoms with Gasteiger partial charge in [-0.2, -0.15) is 0 Å². The Morgan fingerprint density at radius 3 is 2.70 bits per heavy atom. The van der Waals surface area contributed by atoms with Gasteiger partial charge in [0.05, 0.1) is 28.6 Å². The Bertz CT molecular complexity index is 1040. The van der Waals surface area contributed by atoms with E-state index in [1.165, 1.54) is 18.4 Å². The minimum atomic E-state index is 0.647. The molecule has 1 fully saturated rings. The summed E-state index contributed by atoms with van der Waals surface area (Å²) in [5.74, 6) is 2.92. The zero-order valence-electron chi connectivity index (χ0n) is 15.7. The highest BCUT2D eigenvalue weighted by molar-refractivity contribution is 5.76. The Morgan fingerprint density at radius 1 is 1.04 bits per heavy atom. The molecule has 1 aliphatic heterocycles. The standard InChI is InChI=1S/C22H25N5/c1-26-20-11-5-4-10-19(20)25-22(26)15-27-12-6-7-16(14-27)13-21-23-17-8-2-3-9-18(17)24-21/h2-5,8-11,16H,6-7,12-15H2,1H3,(H,23,24). The maximum absolute atomic E-state index is 4.85. The van der Waals surface area contributed by atoms with Crippen LogP contribution in [-0.4, -0.2) is 37.5 Å². The number of aromatic amines is 1. The highest BCUT2D eigenvalue weighted by Gasteiger charge is 2.22. The largest absolute Gasteiger partial charge is 0.342 e. The molecule has 5 nitrogen and oxygen atoms in total. The summed E-state index contributed by atoms with van der Waals surface area (Å²) in [5.41, 5.74) is 4.51. The van der Waals surface area contributed by atoms with Gasteiger partial charge in [-0.3, -0.25) is 4.90 Å². The molecule has 0 spiro atoms. The lowest BCUT2D eigenvalue weighted by molar-refractivity contribution is 0.161. The van der Waals surface area contributed by atoms with Gasteiger partial charge in [0, 0.05) is 20.0 Å². The van der Waals surface area contributed by atoms with Crippen LogP contribution in [0.4, 0.5) is 0 Å². The molecule has 0 aliphatic carbocycles. The van der Waals surface area contributed by atoms with Gasteiger partial charge in [0.25, 0.3) is 0 Å². The number of likely N-dealkylation sites (tertiary alicyclic amines) is 1. The summed E-state index contributed by atoms with van der Waals surface area (Å²) in [5, 5.41) is 0. The molecular weight excluding hydrogens is 334 g/mol. The normalized spacial score (nSPS) is 18.5. The number of hydrogen-bond acceptors (Lipinski definition) is 3. The van der Waals surface area contributed by atoms with Crippen LogP contribution in [0.3, 0.4) is 0 Å². The first kappa shape index (κ1) is 16.5. The fraction of sp³-hybridized carbons (Fsp3) is 0.364. The van der Waals surface area contributed by atoms with E-state index >= 15 is 0 Å². The van der Waals surface area contributed by atoms with Crippen LogP contribution in [0.25, 0.3) is 22.1 Å². The second kappa shape index (κ2) is 6.82. The lowest BCUT2D eigenvalue weighted by Crippen LogP contribution is -2.36. The van der Waals surface area contributed by atoms with E-state index in [9.17, 15) is 0 Å². The van der Waals surface area contributed by atoms with E-state index in [0.29, 0.717) is 5.92 Å². The van der Waals surface area contributed by atoms with E-state index < -0.39 is 0 Å². The predicted octanol–water partition coefficient (Wildman–Crippen LogP) is 3.90. The van der Waals surface area contributed by atoms with Gasteiger partial charge in [0.1, 0.15) is 11.6 Å². The average Bonchev–Trinajstić information content (AvgIpc) is 3.23. The number of aryl methyl sites for hydroxylation is 1. The van der Waals surface area contributed by atoms with Crippen LogP contribution in [-0.2, 0) is 20.0 Å². The molecule has 0 saturated carbocycles. The minimum Gasteiger partial charge on any atom is -0.342 e. The van der Waals surface area contributed by atoms with Crippen molar-refractivity contribution in [2.45, 2.75) is 25.8 Å². The topological polar surface area (TPSA) is 49.7 Å². The molecule has 1 N–H and O–H groups in total. The molecule has 0 radical (unpaired) electrons. The van der Waals surface area contributed by atoms with Crippen molar-refractivity contribution in [3.63, 3.8) is 0 Å². The van der Waals surface area contributed by atoms with Gasteiger partial charge in [0.2, 0.25) is 0 Å². The van der Waals surface area contributed by atoms with Gasteiger partial charge < -0.3 is 9.55 Å². The SMILES string of the molecule is Cn1c(CN2CCCC(Cc3nc4ccccc4[nH]3)C2)nc2ccccc21. The molecular formula is C22H25N5. The fourth-order valence-corrected chi connectivity index (χ4v) is 4.37. The second-order valence-electron chi connectivity index (χ2n) is 7.72. The van der Waals surface area contributed by atoms with Crippen molar-refractivity contribution in [3.05, 3.63) is 60.2 Å². The lowest BCUT2D eigenvalue weighted by atomic mass is 9.94. The summed E-state index contributed by atoms with van der Waals surface area (Å²) in [7, 11) is 2.13. The summed E-state index contributed by atoms with van der Waals surface area (Å²) in [6.45, 7) is 3.18. The number of benzene rings is 2. The number of para-hydroxylation sites is 4. The van der Waals surface area contributed by atoms with E-state index in [1.807, 2.05) is 6.07 Å². The molecule has 27 heavy (non-hydrogen) atoms. The van der Waals surface area contributed by atoms with Crippen LogP contribution in [0.5, 0.6) is 0 Å². The van der Waals surface area contributed by atoms with Gasteiger partial charge in [-0.15, -0.1) is 0 Å². The van der Waals surface area contributed by atoms with Crippen LogP contribution in [0.1, 0.15) is 24.5 Å². The third-order valence-electron chi connectivity index (χ3n) is 5.77. The highest BCUT2D eigenvalue weighted by Crippen LogP contribution is 2.23. The van der Waals surface area contributed by atoms with Crippen molar-refractivity contribution in [1.82, 2.24) is 24.4 Å². The molecule has 1 aliphatic rings. The number of imidazole rings is 2. The van der Waals surface area contributed by atoms with Crippen LogP contribution in [0, 0.1) is 5.92 Å². The zero-order chi connectivity index (χ0) is 18.2. The third kappa shape index (κ3) is 3.23. The molecule has 5 rings (SSSR count). The van der Waals surface area contributed by atoms with Gasteiger partial charge in [0.15, 0.2) is 0 Å². The van der Waals surface area contributed by atoms with Crippen molar-refractivity contribution in [1.29, 1.82) is 0 Å². The van der Waals surface area contributed by atoms with Crippen LogP contribution < -0.4 is 0 Å². The fourth-order valence-electron chi connectivity index (χ4n) is 4.37. The molecule has 138 valence electrons. The number of rotatable bonds is 4. The minimum absolute atomic E-state index is 0.647. The zero-order valence-corrected chi connectivity index (χ0v) is 15.7. The Labute approximate surface area is 159 Å². The highest BCUT2D eigenvalue weighted by atomic mass is 15.2. The maximum Gasteiger partial charge on any atom is 0.123 e. The first-order chi connectivity index (χ1) is 13.3. The molecule has 3 heterocycles. The number of fused-ring (bicyclic) bond motifs is 2. The molecule has 1 atom stereocenters. The van der Waals surface area contributed by atoms with Crippen molar-refractivity contribution >= 4 is 22.1 Å². The first-order valence-electron chi connectivity index (χ1n) is 9.82. The Hall–Kier alpha value is -2.66. The van der Waals surface area contributed by atoms with Crippen molar-refractivity contribution in [2.75, 3.05) is 13.1 Å². The summed E-state index contributed by atoms with van der Waals surface area (Å²) in [6.07, 6.45) is 3.54. The number of nitrogens with one attached hydrogen (secondary N) is 1. The van der Waals surface area contributed by atoms with E-state index in [-0.39, 0.29) is 0 Å². The summed E-state index contributed by atoms with van der Waals surface area (Å²) >= 11 is 0. The molecule has 0 bridgehead atoms. The Kier molecular flexibility index (Phi) is 4.17. The molecule has 4 aromatic rings. The molecule has 1 unspecified atom stereocenters. The van der Waals surface area contributed by atoms with E-state index in [1.54, 1.807) is 0 Å². The summed E-state index contributed by atoms with van der Waals surface area (Å²) in [6, 6.07) is 16.7. The quantitative estimate of drug-likeness (QED) is 0.601. The molecule has 0 amide bonds. The number of hydrogen-bond donors (Lipinski definition) is 1. The predicted molar refractivity (Wildman–Crippen MR) is 109 cm³/mol. The Morgan fingerprint density at radius 2 is 1.85 bits per heavy atom. The smallest absolute Gasteiger partial charge is 0.123 e. The number of piperidine rings is 1. The van der Waals surface area contributed by atoms with Gasteiger partial charge >= 0.3 is 0 Å². The summed E-state index contributed by atoms with van der Waals surface area (Å²) in [4.78, 5) is 15.7. The van der Waals surface area contributed by atoms with Crippen molar-refractivity contribution in [3.8, 4) is 0 Å². The molecule has 2 aromatic carbocycles. The number of nitrogens with zero attached hydrogens (tertiary/aromatic N) is 4. The number of aromatic nitrogens is 4. The Balaban J connectivity index is 1.29. The molecule has 1 saturated heterocycles. The van der Waals surface area contributed by atoms with Gasteiger partial charge in [-0.1, -0.05) is 24.3 Å². The second-order valence-corrected chi connectivity index (χ2v) is 7.72. The van der Waals surface area contributed by atoms with Gasteiger partial charge in [-0.05, 0) is 49.6 Å². The van der Waals surface area contributed by atoms with Crippen molar-refractivity contribution in [2.24, 2.45) is 13.0 Å². The van der Waals surface area contributed by atoms with E-state index in [4.69, 9.17) is 9.97 Å². The summed E-state index contributed by atoms with van der Waals surface area (Å²) < 4.78 is 2.23. The third-order valence-corrected chi connectivity index (χ3v) is 5.77. The lowest BCUT2D eigenvalue weighted by Gasteiger charge is -2.32. The van der Waals surface area contributed by atoms with Crippen LogP contribution >= 0.6 is 0 Å². The monoisotopic (exact) mass is 359 g/mol. The number of H-pyrrole nitrogens is 1. The van der Waals surface area contributed by atoms with Crippen LogP contribution in [0.2, 0.25) is 0 Å². The molecule has 2 aromatic heterocycles. The van der Waals surface area contributed by atoms with Crippen LogP contribution in [0.15, 0.2) is 48.5 Å². The van der Waals surface area contributed by atoms with Crippen molar-refractivity contribution < 1.29 is 0 Å². The van der Waals surface area contributed by atoms with Gasteiger partial charge in [-0.25, -0.2) is 9.97 Å². The first-order valence-corrected chi connectivity index (χ1v) is 9.82. The maximum atomic E-state index is 4.85. The average molecular weight is 359 g/mol. The molecule has 5 heteroatoms.